The normalized spacial score (nSPS) is 13.9. The number of aromatic nitrogens is 2. The van der Waals surface area contributed by atoms with Crippen LogP contribution in [0.25, 0.3) is 0 Å². The van der Waals surface area contributed by atoms with Gasteiger partial charge in [0, 0.05) is 38.6 Å². The molecule has 0 aliphatic carbocycles. The highest BCUT2D eigenvalue weighted by atomic mass is 35.5. The van der Waals surface area contributed by atoms with Crippen molar-refractivity contribution in [1.82, 2.24) is 14.9 Å². The van der Waals surface area contributed by atoms with Crippen molar-refractivity contribution in [3.05, 3.63) is 72.0 Å². The molecule has 8 heteroatoms. The molecule has 3 aromatic rings. The van der Waals surface area contributed by atoms with Crippen LogP contribution in [0.5, 0.6) is 11.6 Å². The van der Waals surface area contributed by atoms with Gasteiger partial charge in [0.2, 0.25) is 5.91 Å². The highest BCUT2D eigenvalue weighted by Crippen LogP contribution is 2.29. The fourth-order valence-corrected chi connectivity index (χ4v) is 4.26. The number of halogens is 1. The Labute approximate surface area is 184 Å². The molecule has 1 fully saturated rings. The quantitative estimate of drug-likeness (QED) is 0.531. The van der Waals surface area contributed by atoms with Crippen LogP contribution in [0.3, 0.4) is 0 Å². The monoisotopic (exact) mass is 440 g/mol. The van der Waals surface area contributed by atoms with Crippen molar-refractivity contribution in [3.63, 3.8) is 0 Å². The number of hydrogen-bond donors (Lipinski definition) is 0. The topological polar surface area (TPSA) is 58.6 Å². The summed E-state index contributed by atoms with van der Waals surface area (Å²) in [4.78, 5) is 25.4. The second kappa shape index (κ2) is 9.82. The summed E-state index contributed by atoms with van der Waals surface area (Å²) in [6, 6.07) is 17.2. The maximum absolute atomic E-state index is 12.7. The third-order valence-electron chi connectivity index (χ3n) is 4.75. The van der Waals surface area contributed by atoms with Gasteiger partial charge in [-0.2, -0.15) is 0 Å². The van der Waals surface area contributed by atoms with Crippen molar-refractivity contribution in [1.29, 1.82) is 0 Å². The summed E-state index contributed by atoms with van der Waals surface area (Å²) in [6.45, 7) is 2.85. The van der Waals surface area contributed by atoms with Crippen LogP contribution >= 0.6 is 23.4 Å². The number of hydrogen-bond acceptors (Lipinski definition) is 6. The number of ether oxygens (including phenoxy) is 1. The summed E-state index contributed by atoms with van der Waals surface area (Å²) in [5.41, 5.74) is 1.02. The van der Waals surface area contributed by atoms with Crippen molar-refractivity contribution in [3.8, 4) is 11.6 Å². The minimum Gasteiger partial charge on any atom is -0.437 e. The van der Waals surface area contributed by atoms with Crippen molar-refractivity contribution < 1.29 is 9.53 Å². The molecule has 0 N–H and O–H groups in total. The zero-order valence-corrected chi connectivity index (χ0v) is 17.9. The van der Waals surface area contributed by atoms with Gasteiger partial charge in [-0.1, -0.05) is 53.7 Å². The van der Waals surface area contributed by atoms with E-state index in [4.69, 9.17) is 16.3 Å². The van der Waals surface area contributed by atoms with Gasteiger partial charge in [0.1, 0.15) is 5.75 Å². The summed E-state index contributed by atoms with van der Waals surface area (Å²) in [5, 5.41) is 1.34. The molecule has 0 bridgehead atoms. The predicted molar refractivity (Wildman–Crippen MR) is 120 cm³/mol. The van der Waals surface area contributed by atoms with Crippen molar-refractivity contribution >= 4 is 35.0 Å². The molecule has 0 unspecified atom stereocenters. The molecule has 4 rings (SSSR count). The minimum absolute atomic E-state index is 0.0788. The number of carbonyl (C=O) groups excluding carboxylic acids is 1. The molecular formula is C22H21ClN4O2S. The van der Waals surface area contributed by atoms with E-state index in [1.165, 1.54) is 11.8 Å². The van der Waals surface area contributed by atoms with Crippen molar-refractivity contribution in [2.24, 2.45) is 0 Å². The van der Waals surface area contributed by atoms with Gasteiger partial charge in [0.25, 0.3) is 5.88 Å². The van der Waals surface area contributed by atoms with E-state index in [1.54, 1.807) is 12.4 Å². The highest BCUT2D eigenvalue weighted by molar-refractivity contribution is 8.00. The fourth-order valence-electron chi connectivity index (χ4n) is 3.21. The molecule has 0 radical (unpaired) electrons. The van der Waals surface area contributed by atoms with E-state index in [2.05, 4.69) is 14.9 Å². The molecule has 154 valence electrons. The Bertz CT molecular complexity index is 997. The Balaban J connectivity index is 1.32. The average molecular weight is 441 g/mol. The number of anilines is 1. The van der Waals surface area contributed by atoms with E-state index in [0.717, 1.165) is 23.8 Å². The van der Waals surface area contributed by atoms with Crippen molar-refractivity contribution in [2.45, 2.75) is 5.03 Å². The van der Waals surface area contributed by atoms with Gasteiger partial charge in [0.15, 0.2) is 5.03 Å². The number of thioether (sulfide) groups is 1. The lowest BCUT2D eigenvalue weighted by molar-refractivity contribution is -0.128. The van der Waals surface area contributed by atoms with Crippen LogP contribution in [0.1, 0.15) is 0 Å². The van der Waals surface area contributed by atoms with Gasteiger partial charge in [-0.25, -0.2) is 9.97 Å². The van der Waals surface area contributed by atoms with Crippen LogP contribution in [0.15, 0.2) is 72.0 Å². The summed E-state index contributed by atoms with van der Waals surface area (Å²) in [5.74, 6) is 1.46. The maximum Gasteiger partial charge on any atom is 0.252 e. The Kier molecular flexibility index (Phi) is 6.71. The molecule has 0 atom stereocenters. The van der Waals surface area contributed by atoms with Crippen LogP contribution in [0.4, 0.5) is 5.69 Å². The van der Waals surface area contributed by atoms with Gasteiger partial charge in [-0.05, 0) is 24.3 Å². The van der Waals surface area contributed by atoms with Crippen LogP contribution in [0.2, 0.25) is 5.02 Å². The first kappa shape index (κ1) is 20.5. The number of para-hydroxylation sites is 2. The van der Waals surface area contributed by atoms with E-state index < -0.39 is 0 Å². The fraction of sp³-hybridized carbons (Fsp3) is 0.227. The lowest BCUT2D eigenvalue weighted by Gasteiger charge is -2.36. The molecule has 1 amide bonds. The average Bonchev–Trinajstić information content (AvgIpc) is 2.79. The second-order valence-electron chi connectivity index (χ2n) is 6.69. The van der Waals surface area contributed by atoms with E-state index in [1.807, 2.05) is 59.5 Å². The number of rotatable bonds is 6. The smallest absolute Gasteiger partial charge is 0.252 e. The second-order valence-corrected chi connectivity index (χ2v) is 8.06. The first-order valence-corrected chi connectivity index (χ1v) is 11.0. The third kappa shape index (κ3) is 5.04. The SMILES string of the molecule is O=C(CSc1nccnc1Oc1ccccc1)N1CCN(c2ccccc2Cl)CC1. The summed E-state index contributed by atoms with van der Waals surface area (Å²) in [6.07, 6.45) is 3.19. The summed E-state index contributed by atoms with van der Waals surface area (Å²) < 4.78 is 5.82. The standard InChI is InChI=1S/C22H21ClN4O2S/c23-18-8-4-5-9-19(18)26-12-14-27(15-13-26)20(28)16-30-22-21(24-10-11-25-22)29-17-6-2-1-3-7-17/h1-11H,12-16H2. The Hall–Kier alpha value is -2.77. The number of amides is 1. The molecule has 2 heterocycles. The van der Waals surface area contributed by atoms with Gasteiger partial charge >= 0.3 is 0 Å². The van der Waals surface area contributed by atoms with Crippen LogP contribution in [-0.4, -0.2) is 52.7 Å². The minimum atomic E-state index is 0.0788. The Morgan fingerprint density at radius 3 is 2.43 bits per heavy atom. The largest absolute Gasteiger partial charge is 0.437 e. The number of carbonyl (C=O) groups is 1. The molecule has 0 spiro atoms. The van der Waals surface area contributed by atoms with Gasteiger partial charge in [-0.3, -0.25) is 4.79 Å². The zero-order valence-electron chi connectivity index (χ0n) is 16.3. The molecule has 30 heavy (non-hydrogen) atoms. The van der Waals surface area contributed by atoms with E-state index in [0.29, 0.717) is 29.7 Å². The molecule has 6 nitrogen and oxygen atoms in total. The van der Waals surface area contributed by atoms with Crippen molar-refractivity contribution in [2.75, 3.05) is 36.8 Å². The molecule has 2 aromatic carbocycles. The molecule has 1 aromatic heterocycles. The Morgan fingerprint density at radius 1 is 0.967 bits per heavy atom. The lowest BCUT2D eigenvalue weighted by atomic mass is 10.2. The summed E-state index contributed by atoms with van der Waals surface area (Å²) >= 11 is 7.64. The summed E-state index contributed by atoms with van der Waals surface area (Å²) in [7, 11) is 0. The Morgan fingerprint density at radius 2 is 1.67 bits per heavy atom. The molecular weight excluding hydrogens is 420 g/mol. The maximum atomic E-state index is 12.7. The first-order valence-electron chi connectivity index (χ1n) is 9.64. The highest BCUT2D eigenvalue weighted by Gasteiger charge is 2.23. The van der Waals surface area contributed by atoms with Crippen LogP contribution < -0.4 is 9.64 Å². The number of nitrogens with zero attached hydrogens (tertiary/aromatic N) is 4. The third-order valence-corrected chi connectivity index (χ3v) is 6.01. The molecule has 1 aliphatic heterocycles. The van der Waals surface area contributed by atoms with Crippen LogP contribution in [-0.2, 0) is 4.79 Å². The number of piperazine rings is 1. The molecule has 0 saturated carbocycles. The van der Waals surface area contributed by atoms with E-state index >= 15 is 0 Å². The first-order chi connectivity index (χ1) is 14.7. The van der Waals surface area contributed by atoms with Gasteiger partial charge < -0.3 is 14.5 Å². The van der Waals surface area contributed by atoms with Gasteiger partial charge in [-0.15, -0.1) is 0 Å². The van der Waals surface area contributed by atoms with E-state index in [9.17, 15) is 4.79 Å². The van der Waals surface area contributed by atoms with Crippen LogP contribution in [0, 0.1) is 0 Å². The molecule has 1 aliphatic rings. The zero-order chi connectivity index (χ0) is 20.8. The van der Waals surface area contributed by atoms with Gasteiger partial charge in [0.05, 0.1) is 16.5 Å². The number of benzene rings is 2. The predicted octanol–water partition coefficient (Wildman–Crippen LogP) is 4.36. The lowest BCUT2D eigenvalue weighted by Crippen LogP contribution is -2.49. The van der Waals surface area contributed by atoms with E-state index in [-0.39, 0.29) is 11.7 Å². The molecule has 1 saturated heterocycles.